The highest BCUT2D eigenvalue weighted by molar-refractivity contribution is 5.96. The summed E-state index contributed by atoms with van der Waals surface area (Å²) in [6.45, 7) is 0. The minimum atomic E-state index is -0.311. The summed E-state index contributed by atoms with van der Waals surface area (Å²) in [5.41, 5.74) is 2.67. The Bertz CT molecular complexity index is 512. The SMILES string of the molecule is COC(=O)c1ccc2c(c1)CCC(=O)C21CC1. The van der Waals surface area contributed by atoms with Crippen molar-refractivity contribution in [2.45, 2.75) is 31.1 Å². The number of carbonyl (C=O) groups excluding carboxylic acids is 2. The number of hydrogen-bond acceptors (Lipinski definition) is 3. The molecule has 0 bridgehead atoms. The largest absolute Gasteiger partial charge is 0.465 e. The van der Waals surface area contributed by atoms with Crippen LogP contribution in [0.2, 0.25) is 0 Å². The van der Waals surface area contributed by atoms with E-state index in [1.165, 1.54) is 7.11 Å². The zero-order valence-corrected chi connectivity index (χ0v) is 9.79. The Hall–Kier alpha value is -1.64. The molecule has 1 saturated carbocycles. The van der Waals surface area contributed by atoms with Crippen LogP contribution in [0.4, 0.5) is 0 Å². The van der Waals surface area contributed by atoms with Gasteiger partial charge in [0.05, 0.1) is 18.1 Å². The molecule has 0 heterocycles. The van der Waals surface area contributed by atoms with Crippen molar-refractivity contribution in [1.82, 2.24) is 0 Å². The second-order valence-corrected chi connectivity index (χ2v) is 4.87. The van der Waals surface area contributed by atoms with Gasteiger partial charge in [0.1, 0.15) is 5.78 Å². The van der Waals surface area contributed by atoms with Gasteiger partial charge < -0.3 is 4.74 Å². The van der Waals surface area contributed by atoms with Crippen LogP contribution < -0.4 is 0 Å². The molecule has 3 nitrogen and oxygen atoms in total. The highest BCUT2D eigenvalue weighted by Crippen LogP contribution is 2.53. The first-order valence-electron chi connectivity index (χ1n) is 5.92. The number of esters is 1. The number of ketones is 1. The van der Waals surface area contributed by atoms with Gasteiger partial charge in [0.25, 0.3) is 0 Å². The van der Waals surface area contributed by atoms with E-state index in [-0.39, 0.29) is 11.4 Å². The normalized spacial score (nSPS) is 19.9. The fraction of sp³-hybridized carbons (Fsp3) is 0.429. The molecule has 0 amide bonds. The zero-order valence-electron chi connectivity index (χ0n) is 9.79. The van der Waals surface area contributed by atoms with Gasteiger partial charge in [0.2, 0.25) is 0 Å². The average molecular weight is 230 g/mol. The van der Waals surface area contributed by atoms with E-state index >= 15 is 0 Å². The summed E-state index contributed by atoms with van der Waals surface area (Å²) in [6, 6.07) is 5.59. The van der Waals surface area contributed by atoms with Gasteiger partial charge in [-0.25, -0.2) is 4.79 Å². The Labute approximate surface area is 99.8 Å². The van der Waals surface area contributed by atoms with E-state index in [0.29, 0.717) is 17.8 Å². The molecule has 1 aromatic carbocycles. The molecule has 0 atom stereocenters. The summed E-state index contributed by atoms with van der Waals surface area (Å²) in [7, 11) is 1.38. The number of ether oxygens (including phenoxy) is 1. The monoisotopic (exact) mass is 230 g/mol. The Morgan fingerprint density at radius 1 is 1.29 bits per heavy atom. The van der Waals surface area contributed by atoms with Crippen molar-refractivity contribution in [1.29, 1.82) is 0 Å². The first-order chi connectivity index (χ1) is 8.17. The van der Waals surface area contributed by atoms with E-state index in [9.17, 15) is 9.59 Å². The maximum absolute atomic E-state index is 11.9. The average Bonchev–Trinajstić information content (AvgIpc) is 3.14. The molecule has 1 aromatic rings. The Balaban J connectivity index is 2.06. The lowest BCUT2D eigenvalue weighted by atomic mass is 9.78. The standard InChI is InChI=1S/C14H14O3/c1-17-13(16)10-2-4-11-9(8-10)3-5-12(15)14(11)6-7-14/h2,4,8H,3,5-7H2,1H3. The maximum atomic E-state index is 11.9. The van der Waals surface area contributed by atoms with E-state index in [2.05, 4.69) is 0 Å². The molecule has 0 N–H and O–H groups in total. The third-order valence-corrected chi connectivity index (χ3v) is 3.95. The number of carbonyl (C=O) groups is 2. The lowest BCUT2D eigenvalue weighted by Gasteiger charge is -2.24. The van der Waals surface area contributed by atoms with Crippen molar-refractivity contribution in [3.05, 3.63) is 34.9 Å². The van der Waals surface area contributed by atoms with Gasteiger partial charge in [0, 0.05) is 6.42 Å². The van der Waals surface area contributed by atoms with Crippen LogP contribution >= 0.6 is 0 Å². The molecule has 2 aliphatic rings. The van der Waals surface area contributed by atoms with Crippen LogP contribution in [0.3, 0.4) is 0 Å². The lowest BCUT2D eigenvalue weighted by Crippen LogP contribution is -2.27. The lowest BCUT2D eigenvalue weighted by molar-refractivity contribution is -0.121. The topological polar surface area (TPSA) is 43.4 Å². The quantitative estimate of drug-likeness (QED) is 0.693. The molecule has 0 saturated heterocycles. The van der Waals surface area contributed by atoms with E-state index in [1.54, 1.807) is 6.07 Å². The number of aryl methyl sites for hydroxylation is 1. The second kappa shape index (κ2) is 3.42. The Morgan fingerprint density at radius 2 is 2.06 bits per heavy atom. The smallest absolute Gasteiger partial charge is 0.337 e. The van der Waals surface area contributed by atoms with Crippen LogP contribution in [-0.4, -0.2) is 18.9 Å². The van der Waals surface area contributed by atoms with Crippen molar-refractivity contribution in [3.8, 4) is 0 Å². The van der Waals surface area contributed by atoms with Gasteiger partial charge in [-0.2, -0.15) is 0 Å². The Morgan fingerprint density at radius 3 is 2.71 bits per heavy atom. The fourth-order valence-electron chi connectivity index (χ4n) is 2.82. The molecule has 0 unspecified atom stereocenters. The number of rotatable bonds is 1. The van der Waals surface area contributed by atoms with Gasteiger partial charge in [-0.1, -0.05) is 6.07 Å². The summed E-state index contributed by atoms with van der Waals surface area (Å²) in [6.07, 6.45) is 3.30. The molecule has 1 spiro atoms. The maximum Gasteiger partial charge on any atom is 0.337 e. The summed E-state index contributed by atoms with van der Waals surface area (Å²) in [4.78, 5) is 23.4. The van der Waals surface area contributed by atoms with Crippen LogP contribution in [0.5, 0.6) is 0 Å². The molecule has 0 aromatic heterocycles. The third-order valence-electron chi connectivity index (χ3n) is 3.95. The summed E-state index contributed by atoms with van der Waals surface area (Å²) < 4.78 is 4.71. The van der Waals surface area contributed by atoms with Crippen LogP contribution in [0.15, 0.2) is 18.2 Å². The third kappa shape index (κ3) is 1.42. The van der Waals surface area contributed by atoms with Gasteiger partial charge in [-0.3, -0.25) is 4.79 Å². The molecular formula is C14H14O3. The highest BCUT2D eigenvalue weighted by Gasteiger charge is 2.53. The minimum absolute atomic E-state index is 0.192. The van der Waals surface area contributed by atoms with Crippen molar-refractivity contribution in [2.24, 2.45) is 0 Å². The van der Waals surface area contributed by atoms with Crippen molar-refractivity contribution < 1.29 is 14.3 Å². The predicted octanol–water partition coefficient (Wildman–Crippen LogP) is 2.02. The molecular weight excluding hydrogens is 216 g/mol. The van der Waals surface area contributed by atoms with Gasteiger partial charge in [-0.15, -0.1) is 0 Å². The molecule has 2 aliphatic carbocycles. The number of Topliss-reactive ketones (excluding diaryl/α,β-unsaturated/α-hetero) is 1. The number of benzene rings is 1. The Kier molecular flexibility index (Phi) is 2.12. The highest BCUT2D eigenvalue weighted by atomic mass is 16.5. The first kappa shape index (κ1) is 10.5. The van der Waals surface area contributed by atoms with Crippen molar-refractivity contribution in [3.63, 3.8) is 0 Å². The van der Waals surface area contributed by atoms with E-state index in [1.807, 2.05) is 12.1 Å². The second-order valence-electron chi connectivity index (χ2n) is 4.87. The zero-order chi connectivity index (χ0) is 12.0. The molecule has 0 radical (unpaired) electrons. The van der Waals surface area contributed by atoms with Crippen molar-refractivity contribution in [2.75, 3.05) is 7.11 Å². The molecule has 3 rings (SSSR count). The van der Waals surface area contributed by atoms with Crippen LogP contribution in [-0.2, 0) is 21.4 Å². The molecule has 17 heavy (non-hydrogen) atoms. The summed E-state index contributed by atoms with van der Waals surface area (Å²) in [5, 5.41) is 0. The van der Waals surface area contributed by atoms with Crippen LogP contribution in [0.25, 0.3) is 0 Å². The van der Waals surface area contributed by atoms with E-state index < -0.39 is 0 Å². The molecule has 88 valence electrons. The molecule has 1 fully saturated rings. The van der Waals surface area contributed by atoms with Crippen molar-refractivity contribution >= 4 is 11.8 Å². The summed E-state index contributed by atoms with van der Waals surface area (Å²) in [5.74, 6) is 0.0605. The predicted molar refractivity (Wildman–Crippen MR) is 62.0 cm³/mol. The molecule has 0 aliphatic heterocycles. The summed E-state index contributed by atoms with van der Waals surface area (Å²) >= 11 is 0. The van der Waals surface area contributed by atoms with E-state index in [0.717, 1.165) is 30.4 Å². The fourth-order valence-corrected chi connectivity index (χ4v) is 2.82. The minimum Gasteiger partial charge on any atom is -0.465 e. The number of methoxy groups -OCH3 is 1. The first-order valence-corrected chi connectivity index (χ1v) is 5.92. The van der Waals surface area contributed by atoms with Crippen LogP contribution in [0, 0.1) is 0 Å². The van der Waals surface area contributed by atoms with Gasteiger partial charge in [-0.05, 0) is 42.5 Å². The van der Waals surface area contributed by atoms with Gasteiger partial charge >= 0.3 is 5.97 Å². The number of fused-ring (bicyclic) bond motifs is 2. The van der Waals surface area contributed by atoms with E-state index in [4.69, 9.17) is 4.74 Å². The number of hydrogen-bond donors (Lipinski definition) is 0. The van der Waals surface area contributed by atoms with Gasteiger partial charge in [0.15, 0.2) is 0 Å². The van der Waals surface area contributed by atoms with Crippen LogP contribution in [0.1, 0.15) is 40.7 Å². The molecule has 3 heteroatoms.